The summed E-state index contributed by atoms with van der Waals surface area (Å²) >= 11 is 0. The molecule has 0 aliphatic heterocycles. The first-order chi connectivity index (χ1) is 6.81. The maximum Gasteiger partial charge on any atom is 0.164 e. The van der Waals surface area contributed by atoms with E-state index in [-0.39, 0.29) is 0 Å². The molecule has 1 aromatic heterocycles. The summed E-state index contributed by atoms with van der Waals surface area (Å²) in [5, 5.41) is 0. The first-order valence-electron chi connectivity index (χ1n) is 5.53. The highest BCUT2D eigenvalue weighted by Crippen LogP contribution is 2.21. The maximum absolute atomic E-state index is 11.7. The molecule has 0 aromatic carbocycles. The molecule has 1 aliphatic rings. The zero-order chi connectivity index (χ0) is 9.97. The molecule has 14 heavy (non-hydrogen) atoms. The molecule has 76 valence electrons. The van der Waals surface area contributed by atoms with Gasteiger partial charge in [-0.2, -0.15) is 0 Å². The fourth-order valence-electron chi connectivity index (χ4n) is 2.13. The van der Waals surface area contributed by atoms with Gasteiger partial charge in [-0.3, -0.25) is 4.79 Å². The lowest BCUT2D eigenvalue weighted by Gasteiger charge is -1.98. The molecule has 0 spiro atoms. The van der Waals surface area contributed by atoms with Crippen molar-refractivity contribution in [3.63, 3.8) is 0 Å². The molecule has 0 amide bonds. The van der Waals surface area contributed by atoms with E-state index in [1.807, 2.05) is 6.20 Å². The number of rotatable bonds is 2. The van der Waals surface area contributed by atoms with Gasteiger partial charge in [0.05, 0.1) is 0 Å². The number of aromatic nitrogens is 1. The van der Waals surface area contributed by atoms with E-state index in [1.165, 1.54) is 5.56 Å². The lowest BCUT2D eigenvalue weighted by atomic mass is 10.1. The Kier molecular flexibility index (Phi) is 2.71. The Labute approximate surface area is 84.9 Å². The number of carbonyl (C=O) groups is 1. The molecule has 1 aliphatic carbocycles. The van der Waals surface area contributed by atoms with Gasteiger partial charge in [0, 0.05) is 30.9 Å². The number of aryl methyl sites for hydroxylation is 2. The van der Waals surface area contributed by atoms with Crippen molar-refractivity contribution in [3.8, 4) is 0 Å². The van der Waals surface area contributed by atoms with Crippen LogP contribution in [-0.2, 0) is 13.0 Å². The lowest BCUT2D eigenvalue weighted by molar-refractivity contribution is 0.0982. The molecular formula is C12H17NO. The second-order valence-corrected chi connectivity index (χ2v) is 4.07. The van der Waals surface area contributed by atoms with Crippen molar-refractivity contribution >= 4 is 5.78 Å². The van der Waals surface area contributed by atoms with E-state index in [0.29, 0.717) is 5.78 Å². The van der Waals surface area contributed by atoms with Crippen LogP contribution in [0, 0.1) is 0 Å². The summed E-state index contributed by atoms with van der Waals surface area (Å²) in [4.78, 5) is 11.7. The second-order valence-electron chi connectivity index (χ2n) is 4.07. The van der Waals surface area contributed by atoms with Crippen molar-refractivity contribution < 1.29 is 4.79 Å². The summed E-state index contributed by atoms with van der Waals surface area (Å²) in [6, 6.07) is 0. The molecule has 0 unspecified atom stereocenters. The Hall–Kier alpha value is -1.05. The largest absolute Gasteiger partial charge is 0.353 e. The van der Waals surface area contributed by atoms with E-state index >= 15 is 0 Å². The van der Waals surface area contributed by atoms with Gasteiger partial charge in [0.2, 0.25) is 0 Å². The van der Waals surface area contributed by atoms with Crippen LogP contribution in [0.1, 0.15) is 48.5 Å². The smallest absolute Gasteiger partial charge is 0.164 e. The minimum Gasteiger partial charge on any atom is -0.353 e. The quantitative estimate of drug-likeness (QED) is 0.659. The number of carbonyl (C=O) groups excluding carboxylic acids is 1. The summed E-state index contributed by atoms with van der Waals surface area (Å²) in [7, 11) is 0. The molecule has 1 aromatic rings. The minimum atomic E-state index is 0.340. The molecule has 0 bridgehead atoms. The van der Waals surface area contributed by atoms with Gasteiger partial charge < -0.3 is 4.57 Å². The average Bonchev–Trinajstić information content (AvgIpc) is 2.49. The van der Waals surface area contributed by atoms with E-state index in [4.69, 9.17) is 0 Å². The van der Waals surface area contributed by atoms with Gasteiger partial charge in [0.25, 0.3) is 0 Å². The van der Waals surface area contributed by atoms with Crippen molar-refractivity contribution in [2.24, 2.45) is 0 Å². The minimum absolute atomic E-state index is 0.340. The van der Waals surface area contributed by atoms with Gasteiger partial charge in [-0.1, -0.05) is 6.92 Å². The normalized spacial score (nSPS) is 16.5. The Balaban J connectivity index is 2.29. The zero-order valence-electron chi connectivity index (χ0n) is 8.75. The van der Waals surface area contributed by atoms with Crippen LogP contribution in [-0.4, -0.2) is 10.4 Å². The molecule has 0 saturated carbocycles. The zero-order valence-corrected chi connectivity index (χ0v) is 8.75. The van der Waals surface area contributed by atoms with Crippen molar-refractivity contribution in [1.29, 1.82) is 0 Å². The third-order valence-corrected chi connectivity index (χ3v) is 2.84. The van der Waals surface area contributed by atoms with Gasteiger partial charge in [-0.05, 0) is 31.2 Å². The molecule has 0 radical (unpaired) electrons. The third kappa shape index (κ3) is 1.74. The summed E-state index contributed by atoms with van der Waals surface area (Å²) in [6.45, 7) is 3.19. The molecule has 2 heteroatoms. The molecule has 1 heterocycles. The summed E-state index contributed by atoms with van der Waals surface area (Å²) in [5.74, 6) is 0.340. The van der Waals surface area contributed by atoms with Crippen molar-refractivity contribution in [2.45, 2.75) is 45.6 Å². The van der Waals surface area contributed by atoms with Gasteiger partial charge in [-0.15, -0.1) is 0 Å². The highest BCUT2D eigenvalue weighted by Gasteiger charge is 2.17. The molecule has 0 fully saturated rings. The van der Waals surface area contributed by atoms with Crippen LogP contribution in [0.15, 0.2) is 12.4 Å². The third-order valence-electron chi connectivity index (χ3n) is 2.84. The van der Waals surface area contributed by atoms with Crippen LogP contribution in [0.5, 0.6) is 0 Å². The Morgan fingerprint density at radius 2 is 2.07 bits per heavy atom. The average molecular weight is 191 g/mol. The molecular weight excluding hydrogens is 174 g/mol. The molecule has 2 nitrogen and oxygen atoms in total. The first kappa shape index (κ1) is 9.50. The van der Waals surface area contributed by atoms with E-state index in [0.717, 1.165) is 44.2 Å². The fraction of sp³-hybridized carbons (Fsp3) is 0.583. The van der Waals surface area contributed by atoms with Crippen molar-refractivity contribution in [3.05, 3.63) is 23.5 Å². The Morgan fingerprint density at radius 3 is 2.86 bits per heavy atom. The van der Waals surface area contributed by atoms with Gasteiger partial charge >= 0.3 is 0 Å². The topological polar surface area (TPSA) is 22.0 Å². The maximum atomic E-state index is 11.7. The van der Waals surface area contributed by atoms with Crippen LogP contribution < -0.4 is 0 Å². The predicted octanol–water partition coefficient (Wildman–Crippen LogP) is 2.81. The molecule has 0 N–H and O–H groups in total. The van der Waals surface area contributed by atoms with E-state index in [9.17, 15) is 4.79 Å². The van der Waals surface area contributed by atoms with Gasteiger partial charge in [0.1, 0.15) is 0 Å². The van der Waals surface area contributed by atoms with E-state index < -0.39 is 0 Å². The number of fused-ring (bicyclic) bond motifs is 1. The van der Waals surface area contributed by atoms with Gasteiger partial charge in [0.15, 0.2) is 5.78 Å². The Morgan fingerprint density at radius 1 is 1.29 bits per heavy atom. The predicted molar refractivity (Wildman–Crippen MR) is 56.6 cm³/mol. The van der Waals surface area contributed by atoms with Crippen LogP contribution >= 0.6 is 0 Å². The first-order valence-corrected chi connectivity index (χ1v) is 5.53. The molecule has 2 rings (SSSR count). The highest BCUT2D eigenvalue weighted by molar-refractivity contribution is 5.97. The number of ketones is 1. The monoisotopic (exact) mass is 191 g/mol. The summed E-state index contributed by atoms with van der Waals surface area (Å²) < 4.78 is 2.16. The van der Waals surface area contributed by atoms with Gasteiger partial charge in [-0.25, -0.2) is 0 Å². The second kappa shape index (κ2) is 3.99. The lowest BCUT2D eigenvalue weighted by Crippen LogP contribution is -1.97. The summed E-state index contributed by atoms with van der Waals surface area (Å²) in [5.41, 5.74) is 2.25. The van der Waals surface area contributed by atoms with Crippen LogP contribution in [0.2, 0.25) is 0 Å². The standard InChI is InChI=1S/C12H17NO/c1-2-7-13-8-10-5-3-4-6-12(14)11(10)9-13/h8-9H,2-7H2,1H3. The fourth-order valence-corrected chi connectivity index (χ4v) is 2.13. The van der Waals surface area contributed by atoms with E-state index in [1.54, 1.807) is 0 Å². The van der Waals surface area contributed by atoms with Crippen LogP contribution in [0.25, 0.3) is 0 Å². The van der Waals surface area contributed by atoms with Crippen LogP contribution in [0.4, 0.5) is 0 Å². The van der Waals surface area contributed by atoms with Crippen molar-refractivity contribution in [1.82, 2.24) is 4.57 Å². The highest BCUT2D eigenvalue weighted by atomic mass is 16.1. The van der Waals surface area contributed by atoms with Crippen molar-refractivity contribution in [2.75, 3.05) is 0 Å². The van der Waals surface area contributed by atoms with E-state index in [2.05, 4.69) is 17.7 Å². The SMILES string of the molecule is CCCn1cc2c(c1)C(=O)CCCC2. The number of hydrogen-bond donors (Lipinski definition) is 0. The molecule has 0 saturated heterocycles. The van der Waals surface area contributed by atoms with Crippen LogP contribution in [0.3, 0.4) is 0 Å². The number of Topliss-reactive ketones (excluding diaryl/α,β-unsaturated/α-hetero) is 1. The molecule has 0 atom stereocenters. The summed E-state index contributed by atoms with van der Waals surface area (Å²) in [6.07, 6.45) is 9.35. The number of nitrogens with zero attached hydrogens (tertiary/aromatic N) is 1. The Bertz CT molecular complexity index is 338. The number of hydrogen-bond acceptors (Lipinski definition) is 1.